The molecule has 0 aliphatic carbocycles. The van der Waals surface area contributed by atoms with Gasteiger partial charge in [0.25, 0.3) is 5.91 Å². The fraction of sp³-hybridized carbons (Fsp3) is 0.235. The number of hydrogen-bond donors (Lipinski definition) is 2. The lowest BCUT2D eigenvalue weighted by Crippen LogP contribution is -2.20. The highest BCUT2D eigenvalue weighted by atomic mass is 35.5. The number of nitrogens with two attached hydrogens (primary N) is 1. The molecule has 2 aromatic rings. The Bertz CT molecular complexity index is 866. The lowest BCUT2D eigenvalue weighted by molar-refractivity contribution is -0.115. The van der Waals surface area contributed by atoms with Crippen LogP contribution >= 0.6 is 34.5 Å². The second-order valence-electron chi connectivity index (χ2n) is 5.22. The molecule has 26 heavy (non-hydrogen) atoms. The lowest BCUT2D eigenvalue weighted by Gasteiger charge is -2.12. The molecule has 2 rings (SSSR count). The van der Waals surface area contributed by atoms with E-state index < -0.39 is 23.2 Å². The van der Waals surface area contributed by atoms with Gasteiger partial charge in [-0.15, -0.1) is 22.9 Å². The molecule has 0 aliphatic heterocycles. The maximum atomic E-state index is 12.5. The number of halogens is 2. The van der Waals surface area contributed by atoms with Gasteiger partial charge in [0.2, 0.25) is 5.91 Å². The molecule has 3 N–H and O–H groups in total. The summed E-state index contributed by atoms with van der Waals surface area (Å²) in [6, 6.07) is 6.65. The van der Waals surface area contributed by atoms with Crippen LogP contribution < -0.4 is 11.1 Å². The van der Waals surface area contributed by atoms with Crippen molar-refractivity contribution in [1.29, 1.82) is 0 Å². The summed E-state index contributed by atoms with van der Waals surface area (Å²) >= 11 is 13.2. The van der Waals surface area contributed by atoms with Gasteiger partial charge in [-0.3, -0.25) is 9.59 Å². The molecule has 0 saturated heterocycles. The number of rotatable bonds is 6. The normalized spacial score (nSPS) is 11.7. The number of amides is 2. The number of carbonyl (C=O) groups excluding carboxylic acids is 3. The molecule has 0 bridgehead atoms. The van der Waals surface area contributed by atoms with Crippen LogP contribution in [0.3, 0.4) is 0 Å². The van der Waals surface area contributed by atoms with Crippen molar-refractivity contribution in [2.24, 2.45) is 5.73 Å². The molecule has 138 valence electrons. The van der Waals surface area contributed by atoms with Crippen molar-refractivity contribution in [1.82, 2.24) is 0 Å². The molecule has 1 atom stereocenters. The average Bonchev–Trinajstić information content (AvgIpc) is 2.91. The first-order chi connectivity index (χ1) is 12.3. The van der Waals surface area contributed by atoms with E-state index in [1.54, 1.807) is 38.1 Å². The number of carbonyl (C=O) groups is 3. The zero-order valence-corrected chi connectivity index (χ0v) is 16.3. The molecule has 1 heterocycles. The van der Waals surface area contributed by atoms with Crippen LogP contribution in [0.1, 0.15) is 43.5 Å². The van der Waals surface area contributed by atoms with Crippen LogP contribution in [0.2, 0.25) is 5.02 Å². The van der Waals surface area contributed by atoms with E-state index in [4.69, 9.17) is 33.7 Å². The highest BCUT2D eigenvalue weighted by Gasteiger charge is 2.27. The van der Waals surface area contributed by atoms with Gasteiger partial charge in [0, 0.05) is 5.02 Å². The molecule has 0 radical (unpaired) electrons. The molecule has 0 aliphatic rings. The predicted octanol–water partition coefficient (Wildman–Crippen LogP) is 3.90. The second kappa shape index (κ2) is 8.53. The Morgan fingerprint density at radius 1 is 1.31 bits per heavy atom. The minimum atomic E-state index is -1.09. The molecule has 1 unspecified atom stereocenters. The van der Waals surface area contributed by atoms with E-state index in [0.717, 1.165) is 11.3 Å². The minimum Gasteiger partial charge on any atom is -0.462 e. The predicted molar refractivity (Wildman–Crippen MR) is 102 cm³/mol. The Hall–Kier alpha value is -2.09. The number of primary amides is 1. The van der Waals surface area contributed by atoms with E-state index in [1.807, 2.05) is 0 Å². The van der Waals surface area contributed by atoms with E-state index in [2.05, 4.69) is 5.32 Å². The fourth-order valence-electron chi connectivity index (χ4n) is 2.29. The summed E-state index contributed by atoms with van der Waals surface area (Å²) < 4.78 is 4.96. The largest absolute Gasteiger partial charge is 0.462 e. The van der Waals surface area contributed by atoms with Crippen LogP contribution in [0, 0.1) is 6.92 Å². The lowest BCUT2D eigenvalue weighted by atomic mass is 10.1. The topological polar surface area (TPSA) is 98.5 Å². The first-order valence-corrected chi connectivity index (χ1v) is 9.20. The van der Waals surface area contributed by atoms with E-state index >= 15 is 0 Å². The van der Waals surface area contributed by atoms with Crippen LogP contribution in [0.5, 0.6) is 0 Å². The quantitative estimate of drug-likeness (QED) is 0.552. The molecule has 0 spiro atoms. The first-order valence-electron chi connectivity index (χ1n) is 7.57. The van der Waals surface area contributed by atoms with Crippen LogP contribution in [-0.2, 0) is 9.53 Å². The fourth-order valence-corrected chi connectivity index (χ4v) is 3.94. The van der Waals surface area contributed by atoms with Crippen molar-refractivity contribution in [3.05, 3.63) is 50.9 Å². The van der Waals surface area contributed by atoms with E-state index in [-0.39, 0.29) is 22.0 Å². The third-order valence-corrected chi connectivity index (χ3v) is 5.46. The van der Waals surface area contributed by atoms with E-state index in [1.165, 1.54) is 0 Å². The number of ether oxygens (including phenoxy) is 1. The smallest absolute Gasteiger partial charge is 0.348 e. The maximum Gasteiger partial charge on any atom is 0.348 e. The molecule has 0 saturated carbocycles. The summed E-state index contributed by atoms with van der Waals surface area (Å²) in [4.78, 5) is 36.5. The third-order valence-electron chi connectivity index (χ3n) is 3.50. The van der Waals surface area contributed by atoms with Gasteiger partial charge < -0.3 is 15.8 Å². The van der Waals surface area contributed by atoms with E-state index in [9.17, 15) is 14.4 Å². The van der Waals surface area contributed by atoms with Gasteiger partial charge in [0.1, 0.15) is 15.3 Å². The summed E-state index contributed by atoms with van der Waals surface area (Å²) in [5.74, 6) is -1.96. The van der Waals surface area contributed by atoms with Crippen molar-refractivity contribution in [2.45, 2.75) is 19.2 Å². The summed E-state index contributed by atoms with van der Waals surface area (Å²) in [7, 11) is 0. The zero-order chi connectivity index (χ0) is 19.4. The molecule has 0 fully saturated rings. The molecule has 9 heteroatoms. The zero-order valence-electron chi connectivity index (χ0n) is 14.0. The van der Waals surface area contributed by atoms with Gasteiger partial charge in [-0.05, 0) is 31.0 Å². The van der Waals surface area contributed by atoms with Gasteiger partial charge in [0.05, 0.1) is 12.2 Å². The van der Waals surface area contributed by atoms with Crippen LogP contribution in [0.15, 0.2) is 24.3 Å². The highest BCUT2D eigenvalue weighted by molar-refractivity contribution is 7.18. The Morgan fingerprint density at radius 3 is 2.54 bits per heavy atom. The number of hydrogen-bond acceptors (Lipinski definition) is 5. The number of benzene rings is 1. The van der Waals surface area contributed by atoms with Crippen molar-refractivity contribution in [2.75, 3.05) is 11.9 Å². The summed E-state index contributed by atoms with van der Waals surface area (Å²) in [6.45, 7) is 3.41. The minimum absolute atomic E-state index is 0.0504. The molecule has 2 amide bonds. The van der Waals surface area contributed by atoms with Gasteiger partial charge in [-0.1, -0.05) is 29.8 Å². The van der Waals surface area contributed by atoms with Crippen molar-refractivity contribution >= 4 is 57.3 Å². The molecule has 1 aromatic heterocycles. The summed E-state index contributed by atoms with van der Waals surface area (Å²) in [5.41, 5.74) is 6.22. The monoisotopic (exact) mass is 414 g/mol. The van der Waals surface area contributed by atoms with Crippen molar-refractivity contribution in [3.63, 3.8) is 0 Å². The van der Waals surface area contributed by atoms with Crippen LogP contribution in [0.25, 0.3) is 0 Å². The van der Waals surface area contributed by atoms with Crippen LogP contribution in [0.4, 0.5) is 5.00 Å². The highest BCUT2D eigenvalue weighted by Crippen LogP contribution is 2.35. The standard InChI is InChI=1S/C17H16Cl2N2O4S/c1-3-25-17(24)13-8(2)11(14(20)22)16(26-13)21-15(23)12(19)9-6-4-5-7-10(9)18/h4-7,12H,3H2,1-2H3,(H2,20,22)(H,21,23). The Morgan fingerprint density at radius 2 is 1.96 bits per heavy atom. The molecule has 6 nitrogen and oxygen atoms in total. The summed E-state index contributed by atoms with van der Waals surface area (Å²) in [6.07, 6.45) is 0. The van der Waals surface area contributed by atoms with Crippen molar-refractivity contribution < 1.29 is 19.1 Å². The van der Waals surface area contributed by atoms with Crippen LogP contribution in [-0.4, -0.2) is 24.4 Å². The number of esters is 1. The Balaban J connectivity index is 2.35. The third kappa shape index (κ3) is 4.17. The van der Waals surface area contributed by atoms with Gasteiger partial charge in [0.15, 0.2) is 0 Å². The molecular formula is C17H16Cl2N2O4S. The maximum absolute atomic E-state index is 12.5. The number of nitrogens with one attached hydrogen (secondary N) is 1. The second-order valence-corrected chi connectivity index (χ2v) is 7.08. The van der Waals surface area contributed by atoms with Gasteiger partial charge in [-0.25, -0.2) is 4.79 Å². The van der Waals surface area contributed by atoms with Gasteiger partial charge in [-0.2, -0.15) is 0 Å². The van der Waals surface area contributed by atoms with Gasteiger partial charge >= 0.3 is 5.97 Å². The first kappa shape index (κ1) is 20.2. The average molecular weight is 415 g/mol. The van der Waals surface area contributed by atoms with E-state index in [0.29, 0.717) is 16.1 Å². The Labute approximate surface area is 164 Å². The molecular weight excluding hydrogens is 399 g/mol. The molecule has 1 aromatic carbocycles. The number of anilines is 1. The number of alkyl halides is 1. The number of thiophene rings is 1. The SMILES string of the molecule is CCOC(=O)c1sc(NC(=O)C(Cl)c2ccccc2Cl)c(C(N)=O)c1C. The Kier molecular flexibility index (Phi) is 6.63. The van der Waals surface area contributed by atoms with Crippen molar-refractivity contribution in [3.8, 4) is 0 Å². The summed E-state index contributed by atoms with van der Waals surface area (Å²) in [5, 5.41) is 1.95.